The zero-order valence-corrected chi connectivity index (χ0v) is 20.0. The van der Waals surface area contributed by atoms with E-state index < -0.39 is 5.91 Å². The number of anilines is 2. The summed E-state index contributed by atoms with van der Waals surface area (Å²) in [6.45, 7) is 4.87. The molecule has 1 aromatic heterocycles. The van der Waals surface area contributed by atoms with E-state index in [0.717, 1.165) is 42.0 Å². The predicted octanol–water partition coefficient (Wildman–Crippen LogP) is 3.93. The quantitative estimate of drug-likeness (QED) is 0.283. The number of imide groups is 1. The van der Waals surface area contributed by atoms with Gasteiger partial charge in [0.1, 0.15) is 0 Å². The van der Waals surface area contributed by atoms with Gasteiger partial charge in [0.25, 0.3) is 11.8 Å². The number of hydrogen-bond acceptors (Lipinski definition) is 6. The molecule has 0 unspecified atom stereocenters. The second kappa shape index (κ2) is 9.40. The summed E-state index contributed by atoms with van der Waals surface area (Å²) in [7, 11) is 0. The van der Waals surface area contributed by atoms with Crippen LogP contribution in [0.25, 0.3) is 5.57 Å². The Hall–Kier alpha value is -3.11. The first-order valence-corrected chi connectivity index (χ1v) is 11.9. The highest BCUT2D eigenvalue weighted by Crippen LogP contribution is 2.27. The molecule has 0 bridgehead atoms. The highest BCUT2D eigenvalue weighted by Gasteiger charge is 2.27. The Bertz CT molecular complexity index is 1200. The van der Waals surface area contributed by atoms with Gasteiger partial charge in [-0.15, -0.1) is 0 Å². The van der Waals surface area contributed by atoms with Crippen molar-refractivity contribution in [3.8, 4) is 0 Å². The van der Waals surface area contributed by atoms with Gasteiger partial charge in [0.05, 0.1) is 18.1 Å². The molecule has 0 atom stereocenters. The summed E-state index contributed by atoms with van der Waals surface area (Å²) in [5.74, 6) is -0.760. The Morgan fingerprint density at radius 1 is 0.970 bits per heavy atom. The van der Waals surface area contributed by atoms with Gasteiger partial charge in [0.15, 0.2) is 0 Å². The lowest BCUT2D eigenvalue weighted by Crippen LogP contribution is -2.45. The van der Waals surface area contributed by atoms with Crippen molar-refractivity contribution in [2.75, 3.05) is 36.4 Å². The minimum atomic E-state index is -0.396. The summed E-state index contributed by atoms with van der Waals surface area (Å²) in [5, 5.41) is 5.62. The number of halogens is 1. The van der Waals surface area contributed by atoms with Crippen molar-refractivity contribution in [3.05, 3.63) is 87.5 Å². The molecule has 2 aromatic carbocycles. The summed E-state index contributed by atoms with van der Waals surface area (Å²) in [4.78, 5) is 29.4. The lowest BCUT2D eigenvalue weighted by Gasteiger charge is -2.36. The minimum Gasteiger partial charge on any atom is -0.472 e. The fourth-order valence-electron chi connectivity index (χ4n) is 4.17. The Morgan fingerprint density at radius 2 is 1.76 bits per heavy atom. The predicted molar refractivity (Wildman–Crippen MR) is 136 cm³/mol. The molecular weight excluding hydrogens is 531 g/mol. The number of carbonyl (C=O) groups is 2. The molecule has 33 heavy (non-hydrogen) atoms. The third kappa shape index (κ3) is 4.81. The van der Waals surface area contributed by atoms with E-state index in [1.807, 2.05) is 36.6 Å². The van der Waals surface area contributed by atoms with Crippen molar-refractivity contribution >= 4 is 51.4 Å². The van der Waals surface area contributed by atoms with Gasteiger partial charge in [-0.3, -0.25) is 19.8 Å². The monoisotopic (exact) mass is 554 g/mol. The molecule has 1 saturated heterocycles. The number of carbonyl (C=O) groups excluding carboxylic acids is 2. The maximum atomic E-state index is 12.4. The summed E-state index contributed by atoms with van der Waals surface area (Å²) < 4.78 is 6.13. The van der Waals surface area contributed by atoms with Gasteiger partial charge < -0.3 is 14.6 Å². The Morgan fingerprint density at radius 3 is 2.48 bits per heavy atom. The normalized spacial score (nSPS) is 17.7. The zero-order chi connectivity index (χ0) is 22.8. The Balaban J connectivity index is 1.23. The summed E-state index contributed by atoms with van der Waals surface area (Å²) in [6.07, 6.45) is 5.19. The van der Waals surface area contributed by atoms with Crippen LogP contribution in [0.5, 0.6) is 0 Å². The SMILES string of the molecule is O=C1NC(=O)c2ccc(I)cc2C1=CNc1ccc(N2CCN(Cc3ccoc3)CC2)cc1. The third-order valence-electron chi connectivity index (χ3n) is 5.96. The molecule has 0 radical (unpaired) electrons. The highest BCUT2D eigenvalue weighted by molar-refractivity contribution is 14.1. The zero-order valence-electron chi connectivity index (χ0n) is 17.9. The minimum absolute atomic E-state index is 0.363. The number of nitrogens with one attached hydrogen (secondary N) is 2. The maximum absolute atomic E-state index is 12.4. The maximum Gasteiger partial charge on any atom is 0.260 e. The van der Waals surface area contributed by atoms with Crippen LogP contribution in [-0.2, 0) is 11.3 Å². The van der Waals surface area contributed by atoms with Gasteiger partial charge in [0, 0.05) is 70.6 Å². The largest absolute Gasteiger partial charge is 0.472 e. The summed E-state index contributed by atoms with van der Waals surface area (Å²) in [6, 6.07) is 15.7. The van der Waals surface area contributed by atoms with E-state index in [-0.39, 0.29) is 5.91 Å². The molecule has 0 spiro atoms. The van der Waals surface area contributed by atoms with Crippen molar-refractivity contribution < 1.29 is 14.0 Å². The standard InChI is InChI=1S/C25H23IN4O3/c26-18-1-6-21-22(13-18)23(25(32)28-24(21)31)14-27-19-2-4-20(5-3-19)30-10-8-29(9-11-30)15-17-7-12-33-16-17/h1-7,12-14,16,27H,8-11,15H2,(H,28,31,32). The fourth-order valence-corrected chi connectivity index (χ4v) is 4.66. The average molecular weight is 554 g/mol. The molecule has 2 aliphatic rings. The number of hydrogen-bond donors (Lipinski definition) is 2. The van der Waals surface area contributed by atoms with Crippen molar-refractivity contribution in [2.24, 2.45) is 0 Å². The molecule has 3 heterocycles. The molecule has 8 heteroatoms. The van der Waals surface area contributed by atoms with E-state index >= 15 is 0 Å². The number of amides is 2. The van der Waals surface area contributed by atoms with E-state index in [2.05, 4.69) is 55.2 Å². The summed E-state index contributed by atoms with van der Waals surface area (Å²) in [5.41, 5.74) is 4.86. The van der Waals surface area contributed by atoms with E-state index in [4.69, 9.17) is 4.42 Å². The van der Waals surface area contributed by atoms with E-state index in [1.165, 1.54) is 11.3 Å². The van der Waals surface area contributed by atoms with Crippen LogP contribution in [0.15, 0.2) is 71.7 Å². The first-order chi connectivity index (χ1) is 16.1. The number of fused-ring (bicyclic) bond motifs is 1. The molecule has 0 aliphatic carbocycles. The molecule has 7 nitrogen and oxygen atoms in total. The van der Waals surface area contributed by atoms with Crippen LogP contribution in [0.2, 0.25) is 0 Å². The molecular formula is C25H23IN4O3. The van der Waals surface area contributed by atoms with E-state index in [9.17, 15) is 9.59 Å². The van der Waals surface area contributed by atoms with E-state index in [0.29, 0.717) is 16.7 Å². The van der Waals surface area contributed by atoms with Gasteiger partial charge >= 0.3 is 0 Å². The van der Waals surface area contributed by atoms with Crippen molar-refractivity contribution in [1.29, 1.82) is 0 Å². The fraction of sp³-hybridized carbons (Fsp3) is 0.200. The van der Waals surface area contributed by atoms with Gasteiger partial charge in [-0.2, -0.15) is 0 Å². The molecule has 2 N–H and O–H groups in total. The Kier molecular flexibility index (Phi) is 6.19. The van der Waals surface area contributed by atoms with Crippen LogP contribution in [0.4, 0.5) is 11.4 Å². The lowest BCUT2D eigenvalue weighted by atomic mass is 9.95. The highest BCUT2D eigenvalue weighted by atomic mass is 127. The number of nitrogens with zero attached hydrogens (tertiary/aromatic N) is 2. The third-order valence-corrected chi connectivity index (χ3v) is 6.63. The first kappa shape index (κ1) is 21.7. The molecule has 2 aliphatic heterocycles. The van der Waals surface area contributed by atoms with Gasteiger partial charge in [0.2, 0.25) is 0 Å². The second-order valence-electron chi connectivity index (χ2n) is 8.12. The molecule has 2 amide bonds. The average Bonchev–Trinajstić information content (AvgIpc) is 3.33. The van der Waals surface area contributed by atoms with Crippen LogP contribution in [0, 0.1) is 3.57 Å². The molecule has 0 saturated carbocycles. The van der Waals surface area contributed by atoms with Crippen molar-refractivity contribution in [3.63, 3.8) is 0 Å². The lowest BCUT2D eigenvalue weighted by molar-refractivity contribution is -0.114. The molecule has 1 fully saturated rings. The number of furan rings is 1. The summed E-state index contributed by atoms with van der Waals surface area (Å²) >= 11 is 2.18. The molecule has 3 aromatic rings. The molecule has 168 valence electrons. The van der Waals surface area contributed by atoms with Crippen LogP contribution < -0.4 is 15.5 Å². The number of rotatable bonds is 5. The smallest absolute Gasteiger partial charge is 0.260 e. The van der Waals surface area contributed by atoms with Crippen molar-refractivity contribution in [1.82, 2.24) is 10.2 Å². The van der Waals surface area contributed by atoms with Crippen LogP contribution in [0.1, 0.15) is 21.5 Å². The number of benzene rings is 2. The van der Waals surface area contributed by atoms with Crippen LogP contribution >= 0.6 is 22.6 Å². The Labute approximate surface area is 205 Å². The van der Waals surface area contributed by atoms with Crippen LogP contribution in [-0.4, -0.2) is 42.9 Å². The van der Waals surface area contributed by atoms with Crippen LogP contribution in [0.3, 0.4) is 0 Å². The number of piperazine rings is 1. The molecule has 5 rings (SSSR count). The van der Waals surface area contributed by atoms with Gasteiger partial charge in [-0.05, 0) is 71.1 Å². The van der Waals surface area contributed by atoms with Crippen molar-refractivity contribution in [2.45, 2.75) is 6.54 Å². The first-order valence-electron chi connectivity index (χ1n) is 10.8. The van der Waals surface area contributed by atoms with E-state index in [1.54, 1.807) is 18.5 Å². The second-order valence-corrected chi connectivity index (χ2v) is 9.36. The van der Waals surface area contributed by atoms with Gasteiger partial charge in [-0.1, -0.05) is 0 Å². The topological polar surface area (TPSA) is 77.8 Å². The van der Waals surface area contributed by atoms with Gasteiger partial charge in [-0.25, -0.2) is 0 Å².